The van der Waals surface area contributed by atoms with Crippen LogP contribution < -0.4 is 17.2 Å². The summed E-state index contributed by atoms with van der Waals surface area (Å²) in [5.41, 5.74) is 32.7. The van der Waals surface area contributed by atoms with E-state index < -0.39 is 0 Å². The molecule has 0 aliphatic rings. The van der Waals surface area contributed by atoms with Gasteiger partial charge in [0, 0.05) is 31.0 Å². The second-order valence-electron chi connectivity index (χ2n) is 17.4. The van der Waals surface area contributed by atoms with Crippen LogP contribution in [0.25, 0.3) is 0 Å². The Hall–Kier alpha value is -2.46. The summed E-state index contributed by atoms with van der Waals surface area (Å²) in [7, 11) is 0. The molecule has 0 amide bonds. The van der Waals surface area contributed by atoms with Gasteiger partial charge in [-0.25, -0.2) is 0 Å². The summed E-state index contributed by atoms with van der Waals surface area (Å²) in [6.45, 7) is 33.1. The minimum atomic E-state index is -0.280. The maximum atomic E-state index is 6.96. The molecular weight excluding hydrogens is 534 g/mol. The van der Waals surface area contributed by atoms with Crippen LogP contribution in [0.2, 0.25) is 0 Å². The third-order valence-corrected chi connectivity index (χ3v) is 9.47. The van der Waals surface area contributed by atoms with Gasteiger partial charge in [-0.1, -0.05) is 145 Å². The van der Waals surface area contributed by atoms with Crippen molar-refractivity contribution >= 4 is 0 Å². The van der Waals surface area contributed by atoms with Gasteiger partial charge in [0.1, 0.15) is 0 Å². The third kappa shape index (κ3) is 8.03. The lowest BCUT2D eigenvalue weighted by Gasteiger charge is -2.31. The SMILES string of the molecule is CC(c1cc(C(C)(C)C)cc(C(C)(C)C)c1)c1cc(CN)cc(C(C)c2cc(C(C)(C)C)cc(C(C)(C)C)c2)c1C(N)CN. The van der Waals surface area contributed by atoms with Crippen LogP contribution in [0.5, 0.6) is 0 Å². The zero-order valence-corrected chi connectivity index (χ0v) is 30.5. The number of rotatable bonds is 7. The number of nitrogens with two attached hydrogens (primary N) is 3. The summed E-state index contributed by atoms with van der Waals surface area (Å²) in [6, 6.07) is 18.7. The largest absolute Gasteiger partial charge is 0.329 e. The average Bonchev–Trinajstić information content (AvgIpc) is 2.92. The van der Waals surface area contributed by atoms with Gasteiger partial charge in [-0.15, -0.1) is 0 Å². The normalized spacial score (nSPS) is 15.3. The van der Waals surface area contributed by atoms with E-state index in [1.54, 1.807) is 0 Å². The highest BCUT2D eigenvalue weighted by Crippen LogP contribution is 2.42. The number of benzene rings is 3. The highest BCUT2D eigenvalue weighted by atomic mass is 14.7. The standard InChI is InChI=1S/C41H63N3/c1-25(28-17-30(38(3,4)5)21-31(18-28)39(6,7)8)34-15-27(23-42)16-35(37(34)36(44)24-43)26(2)29-19-32(40(9,10)11)22-33(20-29)41(12,13)14/h15-22,25-26,36H,23-24,42-44H2,1-14H3. The first-order valence-electron chi connectivity index (χ1n) is 16.6. The summed E-state index contributed by atoms with van der Waals surface area (Å²) in [5.74, 6) is 0.240. The smallest absolute Gasteiger partial charge is 0.0425 e. The predicted octanol–water partition coefficient (Wildman–Crippen LogP) is 9.60. The molecule has 44 heavy (non-hydrogen) atoms. The summed E-state index contributed by atoms with van der Waals surface area (Å²) in [6.07, 6.45) is 0. The molecule has 3 aromatic rings. The molecule has 6 N–H and O–H groups in total. The lowest BCUT2D eigenvalue weighted by molar-refractivity contribution is 0.565. The van der Waals surface area contributed by atoms with Crippen LogP contribution in [-0.2, 0) is 28.2 Å². The summed E-state index contributed by atoms with van der Waals surface area (Å²) in [4.78, 5) is 0. The van der Waals surface area contributed by atoms with Crippen molar-refractivity contribution in [2.24, 2.45) is 17.2 Å². The summed E-state index contributed by atoms with van der Waals surface area (Å²) in [5, 5.41) is 0. The maximum Gasteiger partial charge on any atom is 0.0425 e. The molecule has 3 rings (SSSR count). The van der Waals surface area contributed by atoms with Crippen molar-refractivity contribution < 1.29 is 0 Å². The van der Waals surface area contributed by atoms with Gasteiger partial charge in [-0.3, -0.25) is 0 Å². The van der Waals surface area contributed by atoms with Crippen LogP contribution in [0.1, 0.15) is 170 Å². The molecule has 0 saturated heterocycles. The van der Waals surface area contributed by atoms with Gasteiger partial charge >= 0.3 is 0 Å². The Bertz CT molecular complexity index is 1280. The minimum absolute atomic E-state index is 0.0356. The van der Waals surface area contributed by atoms with E-state index in [-0.39, 0.29) is 39.5 Å². The van der Waals surface area contributed by atoms with E-state index in [4.69, 9.17) is 17.2 Å². The first kappa shape index (κ1) is 36.0. The van der Waals surface area contributed by atoms with Gasteiger partial charge in [0.25, 0.3) is 0 Å². The van der Waals surface area contributed by atoms with E-state index in [0.717, 1.165) is 5.56 Å². The molecule has 0 saturated carbocycles. The van der Waals surface area contributed by atoms with Gasteiger partial charge in [0.2, 0.25) is 0 Å². The first-order chi connectivity index (χ1) is 20.0. The molecule has 0 fully saturated rings. The lowest BCUT2D eigenvalue weighted by atomic mass is 9.74. The van der Waals surface area contributed by atoms with Crippen molar-refractivity contribution in [3.63, 3.8) is 0 Å². The Morgan fingerprint density at radius 3 is 1.02 bits per heavy atom. The minimum Gasteiger partial charge on any atom is -0.329 e. The van der Waals surface area contributed by atoms with Crippen molar-refractivity contribution in [1.82, 2.24) is 0 Å². The fourth-order valence-electron chi connectivity index (χ4n) is 6.04. The van der Waals surface area contributed by atoms with Crippen LogP contribution in [-0.4, -0.2) is 6.54 Å². The van der Waals surface area contributed by atoms with Crippen LogP contribution in [0.4, 0.5) is 0 Å². The van der Waals surface area contributed by atoms with Crippen LogP contribution in [0.15, 0.2) is 48.5 Å². The van der Waals surface area contributed by atoms with Gasteiger partial charge in [-0.05, 0) is 77.3 Å². The average molecular weight is 598 g/mol. The van der Waals surface area contributed by atoms with Crippen LogP contribution in [0, 0.1) is 0 Å². The molecule has 0 aromatic heterocycles. The van der Waals surface area contributed by atoms with E-state index >= 15 is 0 Å². The predicted molar refractivity (Wildman–Crippen MR) is 193 cm³/mol. The molecule has 242 valence electrons. The monoisotopic (exact) mass is 598 g/mol. The topological polar surface area (TPSA) is 78.1 Å². The summed E-state index contributed by atoms with van der Waals surface area (Å²) >= 11 is 0. The quantitative estimate of drug-likeness (QED) is 0.254. The maximum absolute atomic E-state index is 6.96. The molecule has 3 nitrogen and oxygen atoms in total. The Balaban J connectivity index is 2.36. The van der Waals surface area contributed by atoms with Gasteiger partial charge < -0.3 is 17.2 Å². The van der Waals surface area contributed by atoms with Crippen molar-refractivity contribution in [3.8, 4) is 0 Å². The third-order valence-electron chi connectivity index (χ3n) is 9.47. The molecule has 0 bridgehead atoms. The summed E-state index contributed by atoms with van der Waals surface area (Å²) < 4.78 is 0. The van der Waals surface area contributed by atoms with Crippen molar-refractivity contribution in [3.05, 3.63) is 104 Å². The molecule has 3 unspecified atom stereocenters. The second kappa shape index (κ2) is 12.7. The number of hydrogen-bond donors (Lipinski definition) is 3. The highest BCUT2D eigenvalue weighted by molar-refractivity contribution is 5.52. The highest BCUT2D eigenvalue weighted by Gasteiger charge is 2.28. The molecule has 3 heteroatoms. The molecule has 3 aromatic carbocycles. The zero-order valence-electron chi connectivity index (χ0n) is 30.5. The number of hydrogen-bond acceptors (Lipinski definition) is 3. The molecule has 0 heterocycles. The van der Waals surface area contributed by atoms with Gasteiger partial charge in [0.05, 0.1) is 0 Å². The Labute approximate surface area is 270 Å². The Morgan fingerprint density at radius 2 is 0.795 bits per heavy atom. The van der Waals surface area contributed by atoms with E-state index in [9.17, 15) is 0 Å². The molecule has 0 aliphatic carbocycles. The molecule has 0 radical (unpaired) electrons. The van der Waals surface area contributed by atoms with E-state index in [2.05, 4.69) is 145 Å². The van der Waals surface area contributed by atoms with Crippen LogP contribution in [0.3, 0.4) is 0 Å². The van der Waals surface area contributed by atoms with Crippen molar-refractivity contribution in [2.75, 3.05) is 6.54 Å². The van der Waals surface area contributed by atoms with E-state index in [1.165, 1.54) is 50.1 Å². The second-order valence-corrected chi connectivity index (χ2v) is 17.4. The molecule has 0 spiro atoms. The zero-order chi connectivity index (χ0) is 33.6. The molecule has 0 aliphatic heterocycles. The van der Waals surface area contributed by atoms with E-state index in [0.29, 0.717) is 13.1 Å². The van der Waals surface area contributed by atoms with E-state index in [1.807, 2.05) is 0 Å². The Kier molecular flexibility index (Phi) is 10.4. The first-order valence-corrected chi connectivity index (χ1v) is 16.6. The molecular formula is C41H63N3. The Morgan fingerprint density at radius 1 is 0.500 bits per heavy atom. The van der Waals surface area contributed by atoms with Gasteiger partial charge in [0.15, 0.2) is 0 Å². The molecule has 3 atom stereocenters. The lowest BCUT2D eigenvalue weighted by Crippen LogP contribution is -2.26. The van der Waals surface area contributed by atoms with Gasteiger partial charge in [-0.2, -0.15) is 0 Å². The van der Waals surface area contributed by atoms with Crippen LogP contribution >= 0.6 is 0 Å². The van der Waals surface area contributed by atoms with Crippen molar-refractivity contribution in [1.29, 1.82) is 0 Å². The fraction of sp³-hybridized carbons (Fsp3) is 0.561. The fourth-order valence-corrected chi connectivity index (χ4v) is 6.04. The van der Waals surface area contributed by atoms with Crippen molar-refractivity contribution in [2.45, 2.75) is 143 Å².